The number of alkyl carbamates (subject to hydrolysis) is 1. The van der Waals surface area contributed by atoms with E-state index in [-0.39, 0.29) is 19.1 Å². The molecule has 0 aliphatic heterocycles. The molecule has 2 aromatic rings. The fourth-order valence-electron chi connectivity index (χ4n) is 3.83. The predicted octanol–water partition coefficient (Wildman–Crippen LogP) is 2.85. The molecule has 0 saturated carbocycles. The third kappa shape index (κ3) is 4.86. The van der Waals surface area contributed by atoms with E-state index >= 15 is 0 Å². The summed E-state index contributed by atoms with van der Waals surface area (Å²) in [6.45, 7) is 2.11. The van der Waals surface area contributed by atoms with Crippen LogP contribution in [-0.4, -0.2) is 53.7 Å². The van der Waals surface area contributed by atoms with Crippen molar-refractivity contribution in [3.05, 3.63) is 59.7 Å². The van der Waals surface area contributed by atoms with Crippen LogP contribution in [0.2, 0.25) is 0 Å². The van der Waals surface area contributed by atoms with Crippen LogP contribution in [0.4, 0.5) is 4.79 Å². The first kappa shape index (κ1) is 21.9. The summed E-state index contributed by atoms with van der Waals surface area (Å²) in [4.78, 5) is 37.6. The summed E-state index contributed by atoms with van der Waals surface area (Å²) in [7, 11) is 0. The Bertz CT molecular complexity index is 981. The van der Waals surface area contributed by atoms with Crippen molar-refractivity contribution in [1.29, 1.82) is 0 Å². The smallest absolute Gasteiger partial charge is 0.407 e. The molecule has 1 atom stereocenters. The van der Waals surface area contributed by atoms with Gasteiger partial charge in [-0.1, -0.05) is 54.5 Å². The zero-order chi connectivity index (χ0) is 22.4. The number of benzene rings is 2. The second-order valence-electron chi connectivity index (χ2n) is 7.18. The van der Waals surface area contributed by atoms with Crippen LogP contribution >= 0.6 is 0 Å². The monoisotopic (exact) mass is 420 g/mol. The van der Waals surface area contributed by atoms with Crippen LogP contribution in [-0.2, 0) is 14.3 Å². The molecule has 31 heavy (non-hydrogen) atoms. The predicted molar refractivity (Wildman–Crippen MR) is 115 cm³/mol. The number of hydrogen-bond acceptors (Lipinski definition) is 4. The number of nitrogens with one attached hydrogen (secondary N) is 1. The molecule has 3 rings (SSSR count). The Hall–Kier alpha value is -3.79. The van der Waals surface area contributed by atoms with E-state index in [0.29, 0.717) is 6.54 Å². The summed E-state index contributed by atoms with van der Waals surface area (Å²) in [5.74, 6) is 0.445. The Morgan fingerprint density at radius 3 is 2.23 bits per heavy atom. The molecule has 1 unspecified atom stereocenters. The quantitative estimate of drug-likeness (QED) is 0.641. The number of carbonyl (C=O) groups is 3. The molecule has 1 aliphatic rings. The zero-order valence-electron chi connectivity index (χ0n) is 17.2. The first-order valence-corrected chi connectivity index (χ1v) is 10.0. The number of carboxylic acids is 1. The molecule has 0 bridgehead atoms. The number of ether oxygens (including phenoxy) is 1. The lowest BCUT2D eigenvalue weighted by molar-refractivity contribution is -0.142. The summed E-state index contributed by atoms with van der Waals surface area (Å²) < 4.78 is 5.42. The number of fused-ring (bicyclic) bond motifs is 3. The van der Waals surface area contributed by atoms with Crippen LogP contribution in [0, 0.1) is 12.3 Å². The minimum atomic E-state index is -1.26. The molecule has 0 spiro atoms. The second kappa shape index (κ2) is 9.81. The number of likely N-dealkylation sites (N-methyl/N-ethyl adjacent to an activating group) is 1. The van der Waals surface area contributed by atoms with Crippen molar-refractivity contribution in [3.8, 4) is 23.5 Å². The number of carboxylic acid groups (broad SMARTS) is 1. The molecular formula is C24H24N2O5. The lowest BCUT2D eigenvalue weighted by Crippen LogP contribution is -2.49. The van der Waals surface area contributed by atoms with Crippen molar-refractivity contribution in [2.24, 2.45) is 0 Å². The molecule has 2 N–H and O–H groups in total. The standard InChI is InChI=1S/C24H24N2O5/c1-3-13-26(4-2)23(29)21(14-22(27)28)25-24(30)31-15-20-18-11-7-5-9-16(18)17-10-6-8-12-19(17)20/h1,5-12,20-21H,4,13-15H2,2H3,(H,25,30)(H,27,28). The van der Waals surface area contributed by atoms with Gasteiger partial charge in [0.2, 0.25) is 5.91 Å². The number of rotatable bonds is 8. The fourth-order valence-corrected chi connectivity index (χ4v) is 3.83. The first-order valence-electron chi connectivity index (χ1n) is 10.0. The molecule has 7 heteroatoms. The average Bonchev–Trinajstić information content (AvgIpc) is 3.08. The van der Waals surface area contributed by atoms with E-state index in [0.717, 1.165) is 22.3 Å². The van der Waals surface area contributed by atoms with E-state index in [4.69, 9.17) is 16.3 Å². The van der Waals surface area contributed by atoms with E-state index in [2.05, 4.69) is 11.2 Å². The molecular weight excluding hydrogens is 396 g/mol. The molecule has 0 aromatic heterocycles. The molecule has 1 aliphatic carbocycles. The van der Waals surface area contributed by atoms with Gasteiger partial charge in [0, 0.05) is 12.5 Å². The molecule has 7 nitrogen and oxygen atoms in total. The minimum Gasteiger partial charge on any atom is -0.481 e. The van der Waals surface area contributed by atoms with Gasteiger partial charge in [-0.2, -0.15) is 0 Å². The highest BCUT2D eigenvalue weighted by Crippen LogP contribution is 2.44. The molecule has 0 radical (unpaired) electrons. The molecule has 160 valence electrons. The Morgan fingerprint density at radius 2 is 1.71 bits per heavy atom. The van der Waals surface area contributed by atoms with Crippen LogP contribution in [0.15, 0.2) is 48.5 Å². The number of nitrogens with zero attached hydrogens (tertiary/aromatic N) is 1. The van der Waals surface area contributed by atoms with Crippen LogP contribution in [0.5, 0.6) is 0 Å². The van der Waals surface area contributed by atoms with E-state index in [1.807, 2.05) is 48.5 Å². The zero-order valence-corrected chi connectivity index (χ0v) is 17.2. The number of amides is 2. The summed E-state index contributed by atoms with van der Waals surface area (Å²) >= 11 is 0. The first-order chi connectivity index (χ1) is 15.0. The summed E-state index contributed by atoms with van der Waals surface area (Å²) in [5, 5.41) is 11.5. The van der Waals surface area contributed by atoms with Crippen molar-refractivity contribution in [2.45, 2.75) is 25.3 Å². The Kier molecular flexibility index (Phi) is 6.93. The van der Waals surface area contributed by atoms with Crippen LogP contribution in [0.3, 0.4) is 0 Å². The summed E-state index contributed by atoms with van der Waals surface area (Å²) in [6.07, 6.45) is 3.85. The molecule has 0 heterocycles. The van der Waals surface area contributed by atoms with Gasteiger partial charge in [-0.05, 0) is 29.2 Å². The van der Waals surface area contributed by atoms with E-state index in [9.17, 15) is 14.4 Å². The Balaban J connectivity index is 1.70. The van der Waals surface area contributed by atoms with Crippen LogP contribution in [0.25, 0.3) is 11.1 Å². The van der Waals surface area contributed by atoms with Gasteiger partial charge >= 0.3 is 12.1 Å². The van der Waals surface area contributed by atoms with E-state index in [1.165, 1.54) is 4.90 Å². The van der Waals surface area contributed by atoms with Crippen molar-refractivity contribution < 1.29 is 24.2 Å². The van der Waals surface area contributed by atoms with Crippen molar-refractivity contribution in [2.75, 3.05) is 19.7 Å². The normalized spacial score (nSPS) is 12.8. The number of aliphatic carboxylic acids is 1. The summed E-state index contributed by atoms with van der Waals surface area (Å²) in [5.41, 5.74) is 4.31. The molecule has 2 aromatic carbocycles. The maximum Gasteiger partial charge on any atom is 0.407 e. The highest BCUT2D eigenvalue weighted by atomic mass is 16.5. The maximum atomic E-state index is 12.6. The Labute approximate surface area is 181 Å². The highest BCUT2D eigenvalue weighted by molar-refractivity contribution is 5.89. The molecule has 0 saturated heterocycles. The van der Waals surface area contributed by atoms with Crippen LogP contribution < -0.4 is 5.32 Å². The molecule has 0 fully saturated rings. The number of terminal acetylenes is 1. The van der Waals surface area contributed by atoms with Gasteiger partial charge in [-0.25, -0.2) is 4.79 Å². The lowest BCUT2D eigenvalue weighted by atomic mass is 9.98. The number of hydrogen-bond donors (Lipinski definition) is 2. The van der Waals surface area contributed by atoms with Gasteiger partial charge in [0.1, 0.15) is 12.6 Å². The third-order valence-corrected chi connectivity index (χ3v) is 5.29. The van der Waals surface area contributed by atoms with E-state index in [1.54, 1.807) is 6.92 Å². The maximum absolute atomic E-state index is 12.6. The van der Waals surface area contributed by atoms with Gasteiger partial charge in [0.15, 0.2) is 0 Å². The Morgan fingerprint density at radius 1 is 1.13 bits per heavy atom. The minimum absolute atomic E-state index is 0.0256. The highest BCUT2D eigenvalue weighted by Gasteiger charge is 2.31. The summed E-state index contributed by atoms with van der Waals surface area (Å²) in [6, 6.07) is 14.6. The third-order valence-electron chi connectivity index (χ3n) is 5.29. The topological polar surface area (TPSA) is 95.9 Å². The fraction of sp³-hybridized carbons (Fsp3) is 0.292. The van der Waals surface area contributed by atoms with Crippen molar-refractivity contribution in [3.63, 3.8) is 0 Å². The largest absolute Gasteiger partial charge is 0.481 e. The van der Waals surface area contributed by atoms with Crippen LogP contribution in [0.1, 0.15) is 30.4 Å². The van der Waals surface area contributed by atoms with Gasteiger partial charge < -0.3 is 20.1 Å². The van der Waals surface area contributed by atoms with Gasteiger partial charge in [0.25, 0.3) is 0 Å². The number of carbonyl (C=O) groups excluding carboxylic acids is 2. The van der Waals surface area contributed by atoms with Crippen molar-refractivity contribution >= 4 is 18.0 Å². The average molecular weight is 420 g/mol. The van der Waals surface area contributed by atoms with Gasteiger partial charge in [-0.3, -0.25) is 9.59 Å². The van der Waals surface area contributed by atoms with E-state index < -0.39 is 30.4 Å². The lowest BCUT2D eigenvalue weighted by Gasteiger charge is -2.24. The van der Waals surface area contributed by atoms with Crippen molar-refractivity contribution in [1.82, 2.24) is 10.2 Å². The molecule has 2 amide bonds. The SMILES string of the molecule is C#CCN(CC)C(=O)C(CC(=O)O)NC(=O)OCC1c2ccccc2-c2ccccc21. The second-order valence-corrected chi connectivity index (χ2v) is 7.18. The van der Waals surface area contributed by atoms with Gasteiger partial charge in [-0.15, -0.1) is 6.42 Å². The van der Waals surface area contributed by atoms with Gasteiger partial charge in [0.05, 0.1) is 13.0 Å².